The van der Waals surface area contributed by atoms with Gasteiger partial charge in [0, 0.05) is 11.0 Å². The minimum Gasteiger partial charge on any atom is -0.397 e. The van der Waals surface area contributed by atoms with Crippen molar-refractivity contribution in [3.8, 4) is 0 Å². The number of hydrogen-bond acceptors (Lipinski definition) is 3. The molecule has 0 unspecified atom stereocenters. The van der Waals surface area contributed by atoms with Gasteiger partial charge in [0.05, 0.1) is 11.4 Å². The lowest BCUT2D eigenvalue weighted by atomic mass is 9.97. The molecule has 0 radical (unpaired) electrons. The van der Waals surface area contributed by atoms with Crippen molar-refractivity contribution >= 4 is 27.3 Å². The van der Waals surface area contributed by atoms with E-state index in [9.17, 15) is 0 Å². The van der Waals surface area contributed by atoms with Crippen LogP contribution in [0.4, 0.5) is 11.4 Å². The third-order valence-corrected chi connectivity index (χ3v) is 3.93. The maximum absolute atomic E-state index is 5.94. The number of benzene rings is 1. The van der Waals surface area contributed by atoms with E-state index in [0.717, 1.165) is 28.3 Å². The van der Waals surface area contributed by atoms with Crippen molar-refractivity contribution in [2.24, 2.45) is 5.92 Å². The Labute approximate surface area is 111 Å². The summed E-state index contributed by atoms with van der Waals surface area (Å²) >= 11 is 3.47. The van der Waals surface area contributed by atoms with Crippen LogP contribution in [-0.2, 0) is 0 Å². The van der Waals surface area contributed by atoms with E-state index in [2.05, 4.69) is 33.2 Å². The predicted octanol–water partition coefficient (Wildman–Crippen LogP) is 2.79. The summed E-state index contributed by atoms with van der Waals surface area (Å²) in [6.07, 6.45) is 2.55. The molecule has 0 bridgehead atoms. The van der Waals surface area contributed by atoms with Crippen molar-refractivity contribution in [3.63, 3.8) is 0 Å². The first-order valence-corrected chi connectivity index (χ1v) is 6.92. The molecule has 17 heavy (non-hydrogen) atoms. The molecule has 1 heterocycles. The maximum atomic E-state index is 5.94. The molecule has 2 rings (SSSR count). The third kappa shape index (κ3) is 3.61. The highest BCUT2D eigenvalue weighted by atomic mass is 79.9. The monoisotopic (exact) mass is 297 g/mol. The molecule has 3 nitrogen and oxygen atoms in total. The number of nitrogens with one attached hydrogen (secondary N) is 1. The molecular weight excluding hydrogens is 278 g/mol. The van der Waals surface area contributed by atoms with Crippen LogP contribution in [0.15, 0.2) is 22.7 Å². The average molecular weight is 298 g/mol. The number of nitrogens with zero attached hydrogens (tertiary/aromatic N) is 1. The lowest BCUT2D eigenvalue weighted by Crippen LogP contribution is -2.33. The smallest absolute Gasteiger partial charge is 0.0585 e. The van der Waals surface area contributed by atoms with Crippen molar-refractivity contribution in [1.82, 2.24) is 4.90 Å². The number of nitrogens with two attached hydrogens (primary N) is 1. The van der Waals surface area contributed by atoms with Crippen molar-refractivity contribution < 1.29 is 0 Å². The van der Waals surface area contributed by atoms with Gasteiger partial charge in [0.25, 0.3) is 0 Å². The van der Waals surface area contributed by atoms with E-state index in [1.165, 1.54) is 25.9 Å². The zero-order valence-electron chi connectivity index (χ0n) is 10.2. The topological polar surface area (TPSA) is 41.3 Å². The Morgan fingerprint density at radius 1 is 1.41 bits per heavy atom. The lowest BCUT2D eigenvalue weighted by molar-refractivity contribution is 0.226. The van der Waals surface area contributed by atoms with Crippen LogP contribution in [0.2, 0.25) is 0 Å². The van der Waals surface area contributed by atoms with Gasteiger partial charge in [0.15, 0.2) is 0 Å². The molecule has 0 spiro atoms. The zero-order chi connectivity index (χ0) is 12.3. The molecule has 4 heteroatoms. The average Bonchev–Trinajstić information content (AvgIpc) is 2.32. The quantitative estimate of drug-likeness (QED) is 0.843. The summed E-state index contributed by atoms with van der Waals surface area (Å²) < 4.78 is 1.07. The van der Waals surface area contributed by atoms with Crippen molar-refractivity contribution in [2.75, 3.05) is 37.7 Å². The fraction of sp³-hybridized carbons (Fsp3) is 0.538. The Hall–Kier alpha value is -0.740. The Morgan fingerprint density at radius 3 is 2.82 bits per heavy atom. The van der Waals surface area contributed by atoms with Crippen molar-refractivity contribution in [3.05, 3.63) is 22.7 Å². The third-order valence-electron chi connectivity index (χ3n) is 3.43. The number of halogens is 1. The van der Waals surface area contributed by atoms with Crippen LogP contribution in [0.1, 0.15) is 12.8 Å². The van der Waals surface area contributed by atoms with Crippen LogP contribution >= 0.6 is 15.9 Å². The highest BCUT2D eigenvalue weighted by Gasteiger charge is 2.16. The predicted molar refractivity (Wildman–Crippen MR) is 77.3 cm³/mol. The molecular formula is C13H20BrN3. The van der Waals surface area contributed by atoms with Gasteiger partial charge in [0.1, 0.15) is 0 Å². The summed E-state index contributed by atoms with van der Waals surface area (Å²) in [7, 11) is 2.19. The van der Waals surface area contributed by atoms with E-state index in [4.69, 9.17) is 5.73 Å². The molecule has 1 fully saturated rings. The van der Waals surface area contributed by atoms with Crippen molar-refractivity contribution in [2.45, 2.75) is 12.8 Å². The first-order chi connectivity index (χ1) is 8.15. The summed E-state index contributed by atoms with van der Waals surface area (Å²) in [5, 5.41) is 3.46. The number of nitrogen functional groups attached to an aromatic ring is 1. The van der Waals surface area contributed by atoms with Gasteiger partial charge in [-0.15, -0.1) is 0 Å². The number of likely N-dealkylation sites (tertiary alicyclic amines) is 1. The fourth-order valence-electron chi connectivity index (χ4n) is 2.20. The standard InChI is InChI=1S/C13H20BrN3/c1-17-6-4-10(5-7-17)9-16-13-8-11(14)2-3-12(13)15/h2-3,8,10,16H,4-7,9,15H2,1H3. The van der Waals surface area contributed by atoms with Crippen LogP contribution in [0.5, 0.6) is 0 Å². The van der Waals surface area contributed by atoms with E-state index in [1.54, 1.807) is 0 Å². The second-order valence-corrected chi connectivity index (χ2v) is 5.77. The molecule has 1 aliphatic rings. The highest BCUT2D eigenvalue weighted by molar-refractivity contribution is 9.10. The van der Waals surface area contributed by atoms with E-state index < -0.39 is 0 Å². The number of piperidine rings is 1. The Kier molecular flexibility index (Phi) is 4.29. The lowest BCUT2D eigenvalue weighted by Gasteiger charge is -2.29. The number of hydrogen-bond donors (Lipinski definition) is 2. The van der Waals surface area contributed by atoms with Crippen LogP contribution in [-0.4, -0.2) is 31.6 Å². The van der Waals surface area contributed by atoms with Crippen LogP contribution in [0.25, 0.3) is 0 Å². The van der Waals surface area contributed by atoms with Crippen molar-refractivity contribution in [1.29, 1.82) is 0 Å². The molecule has 3 N–H and O–H groups in total. The molecule has 0 amide bonds. The molecule has 94 valence electrons. The van der Waals surface area contributed by atoms with E-state index in [0.29, 0.717) is 0 Å². The number of rotatable bonds is 3. The van der Waals surface area contributed by atoms with Gasteiger partial charge in [-0.3, -0.25) is 0 Å². The molecule has 0 aliphatic carbocycles. The summed E-state index contributed by atoms with van der Waals surface area (Å²) in [5.74, 6) is 0.768. The SMILES string of the molecule is CN1CCC(CNc2cc(Br)ccc2N)CC1. The highest BCUT2D eigenvalue weighted by Crippen LogP contribution is 2.24. The van der Waals surface area contributed by atoms with Crippen LogP contribution < -0.4 is 11.1 Å². The van der Waals surface area contributed by atoms with Gasteiger partial charge in [-0.05, 0) is 57.1 Å². The second kappa shape index (κ2) is 5.74. The van der Waals surface area contributed by atoms with Gasteiger partial charge >= 0.3 is 0 Å². The summed E-state index contributed by atoms with van der Waals surface area (Å²) in [5.41, 5.74) is 7.80. The molecule has 1 aromatic rings. The van der Waals surface area contributed by atoms with Crippen LogP contribution in [0.3, 0.4) is 0 Å². The summed E-state index contributed by atoms with van der Waals surface area (Å²) in [6, 6.07) is 5.95. The molecule has 1 saturated heterocycles. The summed E-state index contributed by atoms with van der Waals surface area (Å²) in [6.45, 7) is 3.44. The molecule has 1 aromatic carbocycles. The largest absolute Gasteiger partial charge is 0.397 e. The zero-order valence-corrected chi connectivity index (χ0v) is 11.8. The van der Waals surface area contributed by atoms with Gasteiger partial charge in [0.2, 0.25) is 0 Å². The summed E-state index contributed by atoms with van der Waals surface area (Å²) in [4.78, 5) is 2.39. The van der Waals surface area contributed by atoms with Gasteiger partial charge in [-0.2, -0.15) is 0 Å². The van der Waals surface area contributed by atoms with Gasteiger partial charge in [-0.25, -0.2) is 0 Å². The van der Waals surface area contributed by atoms with Gasteiger partial charge in [-0.1, -0.05) is 15.9 Å². The fourth-order valence-corrected chi connectivity index (χ4v) is 2.56. The first kappa shape index (κ1) is 12.7. The number of anilines is 2. The molecule has 0 aromatic heterocycles. The Balaban J connectivity index is 1.87. The van der Waals surface area contributed by atoms with E-state index in [-0.39, 0.29) is 0 Å². The van der Waals surface area contributed by atoms with Gasteiger partial charge < -0.3 is 16.0 Å². The normalized spacial score (nSPS) is 18.2. The first-order valence-electron chi connectivity index (χ1n) is 6.12. The second-order valence-electron chi connectivity index (χ2n) is 4.86. The van der Waals surface area contributed by atoms with E-state index >= 15 is 0 Å². The van der Waals surface area contributed by atoms with E-state index in [1.807, 2.05) is 18.2 Å². The minimum atomic E-state index is 0.768. The minimum absolute atomic E-state index is 0.768. The maximum Gasteiger partial charge on any atom is 0.0585 e. The molecule has 0 atom stereocenters. The molecule has 1 aliphatic heterocycles. The van der Waals surface area contributed by atoms with Crippen LogP contribution in [0, 0.1) is 5.92 Å². The Morgan fingerprint density at radius 2 is 2.12 bits per heavy atom. The molecule has 0 saturated carbocycles. The Bertz CT molecular complexity index is 373.